The van der Waals surface area contributed by atoms with Crippen LogP contribution in [0.25, 0.3) is 10.8 Å². The zero-order valence-corrected chi connectivity index (χ0v) is 21.0. The van der Waals surface area contributed by atoms with Crippen molar-refractivity contribution >= 4 is 33.9 Å². The summed E-state index contributed by atoms with van der Waals surface area (Å²) in [7, 11) is 0. The van der Waals surface area contributed by atoms with Crippen molar-refractivity contribution in [1.82, 2.24) is 9.80 Å². The Morgan fingerprint density at radius 2 is 1.63 bits per heavy atom. The predicted octanol–water partition coefficient (Wildman–Crippen LogP) is 6.43. The number of nitrogens with zero attached hydrogens (tertiary/aromatic N) is 2. The molecule has 4 nitrogen and oxygen atoms in total. The van der Waals surface area contributed by atoms with Gasteiger partial charge in [-0.25, -0.2) is 4.39 Å². The van der Waals surface area contributed by atoms with Crippen LogP contribution in [0.1, 0.15) is 40.2 Å². The van der Waals surface area contributed by atoms with Gasteiger partial charge in [0.1, 0.15) is 12.4 Å². The SMILES string of the molecule is Cc1ccsc1CN(Cc1ccc(F)cc1)C(=O)CN(C(=O)c1ccc2ccccc2c1)C(C)C. The Morgan fingerprint density at radius 3 is 2.29 bits per heavy atom. The smallest absolute Gasteiger partial charge is 0.254 e. The standard InChI is InChI=1S/C29H29FN2O2S/c1-20(2)32(29(34)25-11-10-23-6-4-5-7-24(23)16-25)19-28(33)31(18-27-21(3)14-15-35-27)17-22-8-12-26(30)13-9-22/h4-16,20H,17-19H2,1-3H3. The summed E-state index contributed by atoms with van der Waals surface area (Å²) in [5.74, 6) is -0.634. The Kier molecular flexibility index (Phi) is 7.61. The maximum Gasteiger partial charge on any atom is 0.254 e. The number of thiophene rings is 1. The molecule has 3 aromatic carbocycles. The molecule has 0 saturated carbocycles. The van der Waals surface area contributed by atoms with E-state index in [1.54, 1.807) is 33.3 Å². The molecule has 1 aromatic heterocycles. The molecular formula is C29H29FN2O2S. The van der Waals surface area contributed by atoms with Crippen LogP contribution in [0.4, 0.5) is 4.39 Å². The maximum atomic E-state index is 13.6. The summed E-state index contributed by atoms with van der Waals surface area (Å²) in [6, 6.07) is 21.6. The number of hydrogen-bond donors (Lipinski definition) is 0. The fourth-order valence-electron chi connectivity index (χ4n) is 4.00. The van der Waals surface area contributed by atoms with E-state index in [9.17, 15) is 14.0 Å². The quantitative estimate of drug-likeness (QED) is 0.287. The van der Waals surface area contributed by atoms with Gasteiger partial charge in [-0.15, -0.1) is 11.3 Å². The van der Waals surface area contributed by atoms with Crippen molar-refractivity contribution in [3.05, 3.63) is 106 Å². The summed E-state index contributed by atoms with van der Waals surface area (Å²) in [5.41, 5.74) is 2.52. The number of carbonyl (C=O) groups is 2. The molecule has 180 valence electrons. The van der Waals surface area contributed by atoms with Gasteiger partial charge in [0.25, 0.3) is 5.91 Å². The number of rotatable bonds is 8. The number of fused-ring (bicyclic) bond motifs is 1. The van der Waals surface area contributed by atoms with E-state index >= 15 is 0 Å². The highest BCUT2D eigenvalue weighted by Gasteiger charge is 2.25. The van der Waals surface area contributed by atoms with Crippen LogP contribution >= 0.6 is 11.3 Å². The first-order valence-electron chi connectivity index (χ1n) is 11.7. The van der Waals surface area contributed by atoms with E-state index in [4.69, 9.17) is 0 Å². The summed E-state index contributed by atoms with van der Waals surface area (Å²) in [6.45, 7) is 6.60. The van der Waals surface area contributed by atoms with Crippen LogP contribution in [-0.2, 0) is 17.9 Å². The van der Waals surface area contributed by atoms with E-state index in [0.717, 1.165) is 26.8 Å². The highest BCUT2D eigenvalue weighted by atomic mass is 32.1. The normalized spacial score (nSPS) is 11.1. The fraction of sp³-hybridized carbons (Fsp3) is 0.241. The van der Waals surface area contributed by atoms with Gasteiger partial charge in [-0.05, 0) is 78.4 Å². The second-order valence-corrected chi connectivity index (χ2v) is 9.99. The maximum absolute atomic E-state index is 13.6. The summed E-state index contributed by atoms with van der Waals surface area (Å²) in [4.78, 5) is 31.5. The Bertz CT molecular complexity index is 1330. The molecule has 0 N–H and O–H groups in total. The zero-order chi connectivity index (χ0) is 24.9. The van der Waals surface area contributed by atoms with Crippen molar-refractivity contribution in [2.24, 2.45) is 0 Å². The molecule has 35 heavy (non-hydrogen) atoms. The van der Waals surface area contributed by atoms with Crippen LogP contribution in [0, 0.1) is 12.7 Å². The molecule has 0 aliphatic carbocycles. The van der Waals surface area contributed by atoms with Gasteiger partial charge in [-0.1, -0.05) is 42.5 Å². The third kappa shape index (κ3) is 5.95. The number of carbonyl (C=O) groups excluding carboxylic acids is 2. The molecule has 4 rings (SSSR count). The Balaban J connectivity index is 1.57. The molecule has 0 bridgehead atoms. The van der Waals surface area contributed by atoms with Crippen molar-refractivity contribution < 1.29 is 14.0 Å². The molecule has 2 amide bonds. The van der Waals surface area contributed by atoms with Gasteiger partial charge in [-0.3, -0.25) is 9.59 Å². The third-order valence-corrected chi connectivity index (χ3v) is 7.14. The molecule has 0 unspecified atom stereocenters. The van der Waals surface area contributed by atoms with Crippen LogP contribution in [0.5, 0.6) is 0 Å². The molecule has 6 heteroatoms. The summed E-state index contributed by atoms with van der Waals surface area (Å²) in [5, 5.41) is 4.06. The number of halogens is 1. The average molecular weight is 489 g/mol. The van der Waals surface area contributed by atoms with Crippen molar-refractivity contribution in [2.75, 3.05) is 6.54 Å². The monoisotopic (exact) mass is 488 g/mol. The lowest BCUT2D eigenvalue weighted by atomic mass is 10.1. The Hall–Kier alpha value is -3.51. The van der Waals surface area contributed by atoms with Crippen LogP contribution in [0.2, 0.25) is 0 Å². The van der Waals surface area contributed by atoms with Crippen LogP contribution in [0.15, 0.2) is 78.2 Å². The number of aryl methyl sites for hydroxylation is 1. The van der Waals surface area contributed by atoms with Crippen LogP contribution in [0.3, 0.4) is 0 Å². The first-order chi connectivity index (χ1) is 16.8. The molecule has 0 aliphatic heterocycles. The van der Waals surface area contributed by atoms with Gasteiger partial charge >= 0.3 is 0 Å². The van der Waals surface area contributed by atoms with Gasteiger partial charge in [0, 0.05) is 23.0 Å². The lowest BCUT2D eigenvalue weighted by Gasteiger charge is -2.30. The Labute approximate surface area is 209 Å². The molecular weight excluding hydrogens is 459 g/mol. The van der Waals surface area contributed by atoms with E-state index in [1.807, 2.05) is 74.7 Å². The zero-order valence-electron chi connectivity index (χ0n) is 20.2. The van der Waals surface area contributed by atoms with Crippen molar-refractivity contribution in [1.29, 1.82) is 0 Å². The van der Waals surface area contributed by atoms with Crippen LogP contribution in [-0.4, -0.2) is 34.2 Å². The molecule has 0 atom stereocenters. The second-order valence-electron chi connectivity index (χ2n) is 8.99. The van der Waals surface area contributed by atoms with Crippen molar-refractivity contribution in [2.45, 2.75) is 39.9 Å². The molecule has 0 aliphatic rings. The summed E-state index contributed by atoms with van der Waals surface area (Å²) < 4.78 is 13.4. The largest absolute Gasteiger partial charge is 0.332 e. The summed E-state index contributed by atoms with van der Waals surface area (Å²) >= 11 is 1.60. The number of benzene rings is 3. The molecule has 0 spiro atoms. The first-order valence-corrected chi connectivity index (χ1v) is 12.5. The minimum Gasteiger partial charge on any atom is -0.332 e. The van der Waals surface area contributed by atoms with E-state index in [-0.39, 0.29) is 30.2 Å². The van der Waals surface area contributed by atoms with Gasteiger partial charge in [-0.2, -0.15) is 0 Å². The second kappa shape index (κ2) is 10.8. The Morgan fingerprint density at radius 1 is 0.914 bits per heavy atom. The van der Waals surface area contributed by atoms with Gasteiger partial charge in [0.2, 0.25) is 5.91 Å². The molecule has 0 radical (unpaired) electrons. The van der Waals surface area contributed by atoms with E-state index in [0.29, 0.717) is 18.7 Å². The van der Waals surface area contributed by atoms with E-state index < -0.39 is 0 Å². The topological polar surface area (TPSA) is 40.6 Å². The van der Waals surface area contributed by atoms with Crippen molar-refractivity contribution in [3.8, 4) is 0 Å². The average Bonchev–Trinajstić information content (AvgIpc) is 3.26. The highest BCUT2D eigenvalue weighted by molar-refractivity contribution is 7.10. The number of amides is 2. The van der Waals surface area contributed by atoms with Crippen molar-refractivity contribution in [3.63, 3.8) is 0 Å². The molecule has 0 saturated heterocycles. The minimum atomic E-state index is -0.312. The molecule has 4 aromatic rings. The summed E-state index contributed by atoms with van der Waals surface area (Å²) in [6.07, 6.45) is 0. The van der Waals surface area contributed by atoms with Gasteiger partial charge in [0.15, 0.2) is 0 Å². The molecule has 1 heterocycles. The first kappa shape index (κ1) is 24.6. The number of hydrogen-bond acceptors (Lipinski definition) is 3. The lowest BCUT2D eigenvalue weighted by Crippen LogP contribution is -2.45. The molecule has 0 fully saturated rings. The lowest BCUT2D eigenvalue weighted by molar-refractivity contribution is -0.133. The predicted molar refractivity (Wildman–Crippen MR) is 140 cm³/mol. The van der Waals surface area contributed by atoms with Crippen LogP contribution < -0.4 is 0 Å². The highest BCUT2D eigenvalue weighted by Crippen LogP contribution is 2.21. The van der Waals surface area contributed by atoms with Gasteiger partial charge in [0.05, 0.1) is 6.54 Å². The minimum absolute atomic E-state index is 0.0328. The fourth-order valence-corrected chi connectivity index (χ4v) is 4.93. The van der Waals surface area contributed by atoms with E-state index in [2.05, 4.69) is 0 Å². The third-order valence-electron chi connectivity index (χ3n) is 6.13. The van der Waals surface area contributed by atoms with E-state index in [1.165, 1.54) is 12.1 Å². The van der Waals surface area contributed by atoms with Gasteiger partial charge < -0.3 is 9.80 Å².